The lowest BCUT2D eigenvalue weighted by molar-refractivity contribution is -0.164. The standard InChI is InChI=1S/C35H31ClF6N6O3/c1-19(37)32(49)46-23-9-6-20(7-10-23)29-27(21-8-11-24(25(36)15-21)33(50)45-17-35(40,41)42)28-30(48(29)3)22(16-44-31(28)43)5-4-14-51-26-12-13-47(2)18-34(26,38)39/h6-11,15-16,26H,1,12-14,17-18H2,2-3H3,(H2,43,44)(H,45,50)(H,46,49)/t26-/m1/s1. The first-order valence-corrected chi connectivity index (χ1v) is 15.7. The number of hydrogen-bond acceptors (Lipinski definition) is 6. The number of hydrogen-bond donors (Lipinski definition) is 3. The molecular formula is C35H31ClF6N6O3. The highest BCUT2D eigenvalue weighted by atomic mass is 35.5. The molecule has 1 fully saturated rings. The average molecular weight is 733 g/mol. The van der Waals surface area contributed by atoms with Crippen LogP contribution in [0.2, 0.25) is 5.02 Å². The number of piperidine rings is 1. The van der Waals surface area contributed by atoms with E-state index in [1.54, 1.807) is 36.1 Å². The van der Waals surface area contributed by atoms with Gasteiger partial charge in [-0.1, -0.05) is 48.2 Å². The number of benzene rings is 2. The molecule has 0 radical (unpaired) electrons. The molecule has 1 saturated heterocycles. The van der Waals surface area contributed by atoms with Gasteiger partial charge in [-0.25, -0.2) is 18.2 Å². The van der Waals surface area contributed by atoms with Gasteiger partial charge in [0.05, 0.1) is 39.3 Å². The summed E-state index contributed by atoms with van der Waals surface area (Å²) in [7, 11) is 3.32. The number of nitrogens with two attached hydrogens (primary N) is 1. The van der Waals surface area contributed by atoms with E-state index in [2.05, 4.69) is 28.7 Å². The van der Waals surface area contributed by atoms with Crippen LogP contribution in [0.5, 0.6) is 0 Å². The van der Waals surface area contributed by atoms with Gasteiger partial charge >= 0.3 is 6.18 Å². The van der Waals surface area contributed by atoms with Gasteiger partial charge in [-0.15, -0.1) is 0 Å². The minimum absolute atomic E-state index is 0.0723. The first-order chi connectivity index (χ1) is 24.0. The highest BCUT2D eigenvalue weighted by Gasteiger charge is 2.44. The molecule has 4 N–H and O–H groups in total. The van der Waals surface area contributed by atoms with Gasteiger partial charge in [-0.05, 0) is 48.9 Å². The number of amides is 2. The van der Waals surface area contributed by atoms with Gasteiger partial charge in [0.15, 0.2) is 5.83 Å². The van der Waals surface area contributed by atoms with Crippen molar-refractivity contribution in [2.75, 3.05) is 44.3 Å². The molecule has 2 aromatic heterocycles. The number of carbonyl (C=O) groups is 2. The minimum Gasteiger partial charge on any atom is -0.383 e. The number of carbonyl (C=O) groups excluding carboxylic acids is 2. The summed E-state index contributed by atoms with van der Waals surface area (Å²) >= 11 is 6.46. The number of anilines is 2. The number of pyridine rings is 1. The summed E-state index contributed by atoms with van der Waals surface area (Å²) in [6, 6.07) is 10.5. The van der Waals surface area contributed by atoms with Crippen molar-refractivity contribution in [2.24, 2.45) is 7.05 Å². The lowest BCUT2D eigenvalue weighted by atomic mass is 9.96. The zero-order valence-corrected chi connectivity index (χ0v) is 28.0. The maximum absolute atomic E-state index is 14.5. The minimum atomic E-state index is -4.63. The van der Waals surface area contributed by atoms with Gasteiger partial charge in [0.2, 0.25) is 0 Å². The van der Waals surface area contributed by atoms with Crippen LogP contribution < -0.4 is 16.4 Å². The summed E-state index contributed by atoms with van der Waals surface area (Å²) in [5, 5.41) is 4.42. The van der Waals surface area contributed by atoms with E-state index in [9.17, 15) is 35.9 Å². The SMILES string of the molecule is C=C(F)C(=O)Nc1ccc(-c2c(-c3ccc(C(=O)NCC(F)(F)F)c(Cl)c3)c3c(N)ncc(C#CCO[C@@H]4CCN(C)CC4(F)F)c3n2C)cc1. The number of aromatic nitrogens is 2. The topological polar surface area (TPSA) is 115 Å². The number of ether oxygens (including phenoxy) is 1. The van der Waals surface area contributed by atoms with Crippen LogP contribution in [0.3, 0.4) is 0 Å². The van der Waals surface area contributed by atoms with E-state index in [0.717, 1.165) is 0 Å². The van der Waals surface area contributed by atoms with Gasteiger partial charge in [0.25, 0.3) is 17.7 Å². The van der Waals surface area contributed by atoms with Crippen molar-refractivity contribution < 1.29 is 40.7 Å². The number of halogens is 7. The fourth-order valence-corrected chi connectivity index (χ4v) is 6.09. The lowest BCUT2D eigenvalue weighted by Gasteiger charge is -2.35. The molecule has 1 aliphatic heterocycles. The Morgan fingerprint density at radius 1 is 1.16 bits per heavy atom. The van der Waals surface area contributed by atoms with Crippen molar-refractivity contribution in [2.45, 2.75) is 24.6 Å². The molecule has 0 spiro atoms. The highest BCUT2D eigenvalue weighted by Crippen LogP contribution is 2.44. The van der Waals surface area contributed by atoms with Crippen LogP contribution in [0.1, 0.15) is 22.3 Å². The van der Waals surface area contributed by atoms with Crippen LogP contribution in [0.15, 0.2) is 61.1 Å². The van der Waals surface area contributed by atoms with Crippen LogP contribution >= 0.6 is 11.6 Å². The van der Waals surface area contributed by atoms with Crippen molar-refractivity contribution in [3.8, 4) is 34.2 Å². The molecule has 2 aromatic carbocycles. The monoisotopic (exact) mass is 732 g/mol. The summed E-state index contributed by atoms with van der Waals surface area (Å²) < 4.78 is 87.7. The number of nitrogens with zero attached hydrogens (tertiary/aromatic N) is 3. The van der Waals surface area contributed by atoms with Gasteiger partial charge in [0, 0.05) is 31.0 Å². The third-order valence-electron chi connectivity index (χ3n) is 8.16. The summed E-state index contributed by atoms with van der Waals surface area (Å²) in [5.74, 6) is -0.458. The second kappa shape index (κ2) is 14.7. The fourth-order valence-electron chi connectivity index (χ4n) is 5.83. The molecule has 268 valence electrons. The van der Waals surface area contributed by atoms with E-state index in [1.165, 1.54) is 41.4 Å². The Labute approximate surface area is 293 Å². The maximum Gasteiger partial charge on any atom is 0.405 e. The number of rotatable bonds is 8. The molecule has 3 heterocycles. The van der Waals surface area contributed by atoms with Crippen molar-refractivity contribution in [1.82, 2.24) is 19.8 Å². The smallest absolute Gasteiger partial charge is 0.383 e. The molecule has 1 atom stereocenters. The molecule has 0 unspecified atom stereocenters. The van der Waals surface area contributed by atoms with Crippen molar-refractivity contribution in [3.63, 3.8) is 0 Å². The number of aryl methyl sites for hydroxylation is 1. The normalized spacial score (nSPS) is 16.0. The lowest BCUT2D eigenvalue weighted by Crippen LogP contribution is -2.51. The van der Waals surface area contributed by atoms with E-state index in [1.807, 2.05) is 0 Å². The molecule has 9 nitrogen and oxygen atoms in total. The third-order valence-corrected chi connectivity index (χ3v) is 8.47. The van der Waals surface area contributed by atoms with Gasteiger partial charge in [-0.3, -0.25) is 9.59 Å². The van der Waals surface area contributed by atoms with E-state index >= 15 is 0 Å². The summed E-state index contributed by atoms with van der Waals surface area (Å²) in [4.78, 5) is 30.2. The van der Waals surface area contributed by atoms with E-state index in [0.29, 0.717) is 45.4 Å². The first kappa shape index (κ1) is 37.2. The van der Waals surface area contributed by atoms with Crippen molar-refractivity contribution in [3.05, 3.63) is 77.2 Å². The van der Waals surface area contributed by atoms with Crippen LogP contribution in [0, 0.1) is 11.8 Å². The molecule has 5 rings (SSSR count). The summed E-state index contributed by atoms with van der Waals surface area (Å²) in [6.07, 6.45) is -4.36. The van der Waals surface area contributed by atoms with E-state index in [4.69, 9.17) is 22.1 Å². The zero-order valence-electron chi connectivity index (χ0n) is 27.2. The predicted octanol–water partition coefficient (Wildman–Crippen LogP) is 6.56. The maximum atomic E-state index is 14.5. The van der Waals surface area contributed by atoms with Crippen molar-refractivity contribution in [1.29, 1.82) is 0 Å². The number of likely N-dealkylation sites (tertiary alicyclic amines) is 1. The summed E-state index contributed by atoms with van der Waals surface area (Å²) in [6.45, 7) is 1.17. The Kier molecular flexibility index (Phi) is 10.7. The Bertz CT molecular complexity index is 2070. The molecule has 51 heavy (non-hydrogen) atoms. The van der Waals surface area contributed by atoms with Crippen LogP contribution in [0.4, 0.5) is 37.8 Å². The van der Waals surface area contributed by atoms with E-state index < -0.39 is 48.9 Å². The predicted molar refractivity (Wildman–Crippen MR) is 182 cm³/mol. The first-order valence-electron chi connectivity index (χ1n) is 15.3. The van der Waals surface area contributed by atoms with Crippen LogP contribution in [-0.4, -0.2) is 77.8 Å². The molecule has 0 bridgehead atoms. The molecule has 16 heteroatoms. The second-order valence-electron chi connectivity index (χ2n) is 11.9. The number of nitrogen functional groups attached to an aromatic ring is 1. The Hall–Kier alpha value is -5.04. The molecule has 0 saturated carbocycles. The Balaban J connectivity index is 1.60. The molecule has 0 aliphatic carbocycles. The quantitative estimate of drug-likeness (QED) is 0.107. The van der Waals surface area contributed by atoms with Crippen molar-refractivity contribution >= 4 is 45.8 Å². The molecular weight excluding hydrogens is 702 g/mol. The van der Waals surface area contributed by atoms with Gasteiger partial charge < -0.3 is 30.6 Å². The highest BCUT2D eigenvalue weighted by molar-refractivity contribution is 6.34. The van der Waals surface area contributed by atoms with Crippen LogP contribution in [-0.2, 0) is 16.6 Å². The van der Waals surface area contributed by atoms with Crippen LogP contribution in [0.25, 0.3) is 33.3 Å². The fraction of sp³-hybridized carbons (Fsp3) is 0.286. The number of nitrogens with one attached hydrogen (secondary N) is 2. The average Bonchev–Trinajstić information content (AvgIpc) is 3.37. The molecule has 1 aliphatic rings. The Morgan fingerprint density at radius 2 is 1.84 bits per heavy atom. The number of alkyl halides is 5. The molecule has 4 aromatic rings. The number of fused-ring (bicyclic) bond motifs is 1. The zero-order chi connectivity index (χ0) is 37.2. The van der Waals surface area contributed by atoms with Gasteiger partial charge in [0.1, 0.15) is 25.1 Å². The van der Waals surface area contributed by atoms with E-state index in [-0.39, 0.29) is 35.1 Å². The van der Waals surface area contributed by atoms with Gasteiger partial charge in [-0.2, -0.15) is 13.2 Å². The molecule has 2 amide bonds. The Morgan fingerprint density at radius 3 is 2.47 bits per heavy atom. The summed E-state index contributed by atoms with van der Waals surface area (Å²) in [5.41, 5.74) is 9.31. The second-order valence-corrected chi connectivity index (χ2v) is 12.3. The third kappa shape index (κ3) is 8.30. The largest absolute Gasteiger partial charge is 0.405 e.